The topological polar surface area (TPSA) is 44.4 Å². The highest BCUT2D eigenvalue weighted by Crippen LogP contribution is 2.38. The molecule has 1 amide bonds. The van der Waals surface area contributed by atoms with Gasteiger partial charge in [-0.2, -0.15) is 13.2 Å². The number of nitrogens with zero attached hydrogens (tertiary/aromatic N) is 1. The van der Waals surface area contributed by atoms with Crippen molar-refractivity contribution in [3.63, 3.8) is 0 Å². The van der Waals surface area contributed by atoms with Gasteiger partial charge >= 0.3 is 6.18 Å². The van der Waals surface area contributed by atoms with Crippen molar-refractivity contribution in [1.29, 1.82) is 0 Å². The molecule has 0 spiro atoms. The number of hydrogen-bond acceptors (Lipinski definition) is 3. The molecule has 0 heterocycles. The number of alkyl halides is 3. The first-order valence-corrected chi connectivity index (χ1v) is 7.81. The SMILES string of the molecule is CN(C)CC(C)(C)CNCC(=O)Nc1c(Cl)cccc1C(F)(F)F. The lowest BCUT2D eigenvalue weighted by molar-refractivity contribution is -0.137. The first-order valence-electron chi connectivity index (χ1n) is 7.43. The first kappa shape index (κ1) is 20.7. The minimum atomic E-state index is -4.59. The molecule has 0 bridgehead atoms. The second-order valence-electron chi connectivity index (χ2n) is 6.71. The molecule has 0 atom stereocenters. The van der Waals surface area contributed by atoms with Gasteiger partial charge in [-0.15, -0.1) is 0 Å². The van der Waals surface area contributed by atoms with E-state index in [1.807, 2.05) is 32.8 Å². The number of para-hydroxylation sites is 1. The fourth-order valence-corrected chi connectivity index (χ4v) is 2.72. The van der Waals surface area contributed by atoms with Crippen LogP contribution in [0.2, 0.25) is 5.02 Å². The van der Waals surface area contributed by atoms with Gasteiger partial charge in [0.1, 0.15) is 0 Å². The van der Waals surface area contributed by atoms with Crippen LogP contribution in [-0.4, -0.2) is 44.5 Å². The van der Waals surface area contributed by atoms with Crippen LogP contribution < -0.4 is 10.6 Å². The first-order chi connectivity index (χ1) is 10.9. The van der Waals surface area contributed by atoms with Crippen molar-refractivity contribution < 1.29 is 18.0 Å². The van der Waals surface area contributed by atoms with E-state index in [9.17, 15) is 18.0 Å². The Morgan fingerprint density at radius 3 is 2.42 bits per heavy atom. The monoisotopic (exact) mass is 365 g/mol. The number of amides is 1. The Bertz CT molecular complexity index is 574. The quantitative estimate of drug-likeness (QED) is 0.777. The summed E-state index contributed by atoms with van der Waals surface area (Å²) < 4.78 is 38.9. The zero-order valence-corrected chi connectivity index (χ0v) is 15.0. The highest BCUT2D eigenvalue weighted by Gasteiger charge is 2.34. The number of hydrogen-bond donors (Lipinski definition) is 2. The molecule has 1 rings (SSSR count). The molecule has 0 aromatic heterocycles. The van der Waals surface area contributed by atoms with E-state index in [0.717, 1.165) is 12.6 Å². The second kappa shape index (κ2) is 8.18. The normalized spacial score (nSPS) is 12.5. The fourth-order valence-electron chi connectivity index (χ4n) is 2.50. The molecular formula is C16H23ClF3N3O. The van der Waals surface area contributed by atoms with E-state index in [2.05, 4.69) is 10.6 Å². The summed E-state index contributed by atoms with van der Waals surface area (Å²) in [4.78, 5) is 14.0. The fraction of sp³-hybridized carbons (Fsp3) is 0.562. The third-order valence-electron chi connectivity index (χ3n) is 3.22. The molecule has 0 aliphatic carbocycles. The van der Waals surface area contributed by atoms with Crippen LogP contribution in [0.15, 0.2) is 18.2 Å². The summed E-state index contributed by atoms with van der Waals surface area (Å²) in [6.07, 6.45) is -4.59. The molecule has 136 valence electrons. The van der Waals surface area contributed by atoms with Gasteiger partial charge in [-0.05, 0) is 31.6 Å². The van der Waals surface area contributed by atoms with Crippen molar-refractivity contribution in [3.8, 4) is 0 Å². The van der Waals surface area contributed by atoms with Gasteiger partial charge in [-0.1, -0.05) is 31.5 Å². The molecule has 4 nitrogen and oxygen atoms in total. The molecule has 0 unspecified atom stereocenters. The molecule has 8 heteroatoms. The maximum atomic E-state index is 13.0. The Hall–Kier alpha value is -1.31. The van der Waals surface area contributed by atoms with Crippen molar-refractivity contribution in [2.75, 3.05) is 39.0 Å². The molecule has 1 aromatic rings. The number of halogens is 4. The molecule has 0 aliphatic rings. The van der Waals surface area contributed by atoms with Crippen molar-refractivity contribution >= 4 is 23.2 Å². The van der Waals surface area contributed by atoms with E-state index < -0.39 is 23.3 Å². The summed E-state index contributed by atoms with van der Waals surface area (Å²) >= 11 is 5.80. The van der Waals surface area contributed by atoms with E-state index in [0.29, 0.717) is 6.54 Å². The molecule has 0 fully saturated rings. The third kappa shape index (κ3) is 6.67. The van der Waals surface area contributed by atoms with Gasteiger partial charge in [-0.25, -0.2) is 0 Å². The van der Waals surface area contributed by atoms with Crippen molar-refractivity contribution in [2.24, 2.45) is 5.41 Å². The average Bonchev–Trinajstić information content (AvgIpc) is 2.37. The largest absolute Gasteiger partial charge is 0.418 e. The Labute approximate surface area is 145 Å². The van der Waals surface area contributed by atoms with Crippen LogP contribution >= 0.6 is 11.6 Å². The van der Waals surface area contributed by atoms with Crippen molar-refractivity contribution in [3.05, 3.63) is 28.8 Å². The van der Waals surface area contributed by atoms with Crippen LogP contribution in [0.1, 0.15) is 19.4 Å². The van der Waals surface area contributed by atoms with E-state index in [1.54, 1.807) is 0 Å². The minimum absolute atomic E-state index is 0.0781. The smallest absolute Gasteiger partial charge is 0.323 e. The molecule has 0 aliphatic heterocycles. The lowest BCUT2D eigenvalue weighted by atomic mass is 9.93. The molecule has 0 saturated carbocycles. The third-order valence-corrected chi connectivity index (χ3v) is 3.53. The predicted octanol–water partition coefficient (Wildman–Crippen LogP) is 3.47. The van der Waals surface area contributed by atoms with Gasteiger partial charge in [0.05, 0.1) is 22.8 Å². The van der Waals surface area contributed by atoms with Crippen LogP contribution in [0.4, 0.5) is 18.9 Å². The Kier molecular flexibility index (Phi) is 7.07. The number of carbonyl (C=O) groups excluding carboxylic acids is 1. The van der Waals surface area contributed by atoms with Crippen LogP contribution in [0, 0.1) is 5.41 Å². The van der Waals surface area contributed by atoms with Crippen molar-refractivity contribution in [1.82, 2.24) is 10.2 Å². The van der Waals surface area contributed by atoms with E-state index in [4.69, 9.17) is 11.6 Å². The number of rotatable bonds is 7. The predicted molar refractivity (Wildman–Crippen MR) is 90.3 cm³/mol. The van der Waals surface area contributed by atoms with Gasteiger partial charge in [0.2, 0.25) is 5.91 Å². The minimum Gasteiger partial charge on any atom is -0.323 e. The number of nitrogens with one attached hydrogen (secondary N) is 2. The summed E-state index contributed by atoms with van der Waals surface area (Å²) in [6.45, 7) is 5.33. The lowest BCUT2D eigenvalue weighted by Crippen LogP contribution is -2.40. The summed E-state index contributed by atoms with van der Waals surface area (Å²) in [5.74, 6) is -0.575. The molecular weight excluding hydrogens is 343 g/mol. The van der Waals surface area contributed by atoms with Gasteiger partial charge < -0.3 is 15.5 Å². The number of anilines is 1. The summed E-state index contributed by atoms with van der Waals surface area (Å²) in [6, 6.07) is 3.39. The molecule has 2 N–H and O–H groups in total. The lowest BCUT2D eigenvalue weighted by Gasteiger charge is -2.28. The summed E-state index contributed by atoms with van der Waals surface area (Å²) in [7, 11) is 3.90. The van der Waals surface area contributed by atoms with Crippen LogP contribution in [0.5, 0.6) is 0 Å². The van der Waals surface area contributed by atoms with Crippen LogP contribution in [-0.2, 0) is 11.0 Å². The van der Waals surface area contributed by atoms with Gasteiger partial charge in [-0.3, -0.25) is 4.79 Å². The molecule has 0 radical (unpaired) electrons. The number of benzene rings is 1. The summed E-state index contributed by atoms with van der Waals surface area (Å²) in [5.41, 5.74) is -1.45. The maximum Gasteiger partial charge on any atom is 0.418 e. The Morgan fingerprint density at radius 2 is 1.88 bits per heavy atom. The summed E-state index contributed by atoms with van der Waals surface area (Å²) in [5, 5.41) is 5.07. The highest BCUT2D eigenvalue weighted by atomic mass is 35.5. The van der Waals surface area contributed by atoms with Crippen LogP contribution in [0.25, 0.3) is 0 Å². The molecule has 1 aromatic carbocycles. The highest BCUT2D eigenvalue weighted by molar-refractivity contribution is 6.34. The van der Waals surface area contributed by atoms with Gasteiger partial charge in [0, 0.05) is 13.1 Å². The molecule has 0 saturated heterocycles. The second-order valence-corrected chi connectivity index (χ2v) is 7.12. The van der Waals surface area contributed by atoms with Crippen molar-refractivity contribution in [2.45, 2.75) is 20.0 Å². The zero-order valence-electron chi connectivity index (χ0n) is 14.2. The van der Waals surface area contributed by atoms with E-state index >= 15 is 0 Å². The van der Waals surface area contributed by atoms with Gasteiger partial charge in [0.15, 0.2) is 0 Å². The zero-order chi connectivity index (χ0) is 18.5. The standard InChI is InChI=1S/C16H23ClF3N3O/c1-15(2,10-23(3)4)9-21-8-13(24)22-14-11(16(18,19)20)6-5-7-12(14)17/h5-7,21H,8-10H2,1-4H3,(H,22,24). The van der Waals surface area contributed by atoms with Crippen LogP contribution in [0.3, 0.4) is 0 Å². The molecule has 24 heavy (non-hydrogen) atoms. The number of carbonyl (C=O) groups is 1. The average molecular weight is 366 g/mol. The Morgan fingerprint density at radius 1 is 1.25 bits per heavy atom. The maximum absolute atomic E-state index is 13.0. The van der Waals surface area contributed by atoms with E-state index in [1.165, 1.54) is 12.1 Å². The Balaban J connectivity index is 2.67. The van der Waals surface area contributed by atoms with Gasteiger partial charge in [0.25, 0.3) is 0 Å². The van der Waals surface area contributed by atoms with E-state index in [-0.39, 0.29) is 17.0 Å².